The lowest BCUT2D eigenvalue weighted by molar-refractivity contribution is 0.0951. The molecular weight excluding hydrogens is 478 g/mol. The van der Waals surface area contributed by atoms with E-state index >= 15 is 0 Å². The van der Waals surface area contributed by atoms with E-state index in [1.54, 1.807) is 31.5 Å². The number of carbonyl (C=O) groups is 1. The van der Waals surface area contributed by atoms with E-state index in [1.807, 2.05) is 29.2 Å². The predicted molar refractivity (Wildman–Crippen MR) is 129 cm³/mol. The van der Waals surface area contributed by atoms with Crippen LogP contribution in [0.4, 0.5) is 5.82 Å². The van der Waals surface area contributed by atoms with Gasteiger partial charge in [0.05, 0.1) is 12.7 Å². The molecule has 1 fully saturated rings. The highest BCUT2D eigenvalue weighted by molar-refractivity contribution is 7.89. The van der Waals surface area contributed by atoms with Gasteiger partial charge in [-0.1, -0.05) is 29.8 Å². The minimum absolute atomic E-state index is 0.0788. The largest absolute Gasteiger partial charge is 0.497 e. The third-order valence-corrected chi connectivity index (χ3v) is 7.49. The maximum Gasteiger partial charge on any atom is 0.260 e. The molecule has 1 aliphatic heterocycles. The highest BCUT2D eigenvalue weighted by Crippen LogP contribution is 2.22. The summed E-state index contributed by atoms with van der Waals surface area (Å²) in [6, 6.07) is 15.4. The van der Waals surface area contributed by atoms with Gasteiger partial charge < -0.3 is 15.0 Å². The Bertz CT molecular complexity index is 1260. The number of pyridine rings is 2. The van der Waals surface area contributed by atoms with Crippen LogP contribution in [0, 0.1) is 0 Å². The highest BCUT2D eigenvalue weighted by Gasteiger charge is 2.31. The zero-order valence-electron chi connectivity index (χ0n) is 18.5. The molecule has 3 aromatic rings. The van der Waals surface area contributed by atoms with Crippen molar-refractivity contribution < 1.29 is 17.9 Å². The van der Waals surface area contributed by atoms with Crippen LogP contribution in [0.25, 0.3) is 0 Å². The number of hydrogen-bond acceptors (Lipinski definition) is 7. The number of ether oxygens (including phenoxy) is 1. The summed E-state index contributed by atoms with van der Waals surface area (Å²) in [6.07, 6.45) is 1.62. The lowest BCUT2D eigenvalue weighted by Crippen LogP contribution is -2.49. The van der Waals surface area contributed by atoms with Crippen LogP contribution in [-0.4, -0.2) is 61.9 Å². The predicted octanol–water partition coefficient (Wildman–Crippen LogP) is 2.58. The lowest BCUT2D eigenvalue weighted by Gasteiger charge is -2.35. The van der Waals surface area contributed by atoms with Crippen LogP contribution in [0.3, 0.4) is 0 Å². The van der Waals surface area contributed by atoms with Crippen molar-refractivity contribution in [2.75, 3.05) is 38.2 Å². The summed E-state index contributed by atoms with van der Waals surface area (Å²) in [7, 11) is -2.16. The normalized spacial score (nSPS) is 14.6. The Morgan fingerprint density at radius 3 is 2.47 bits per heavy atom. The van der Waals surface area contributed by atoms with E-state index in [0.29, 0.717) is 31.0 Å². The molecule has 2 aromatic heterocycles. The average molecular weight is 502 g/mol. The van der Waals surface area contributed by atoms with Crippen molar-refractivity contribution in [2.45, 2.75) is 11.6 Å². The fourth-order valence-electron chi connectivity index (χ4n) is 3.65. The molecule has 178 valence electrons. The van der Waals surface area contributed by atoms with Gasteiger partial charge in [-0.05, 0) is 42.0 Å². The van der Waals surface area contributed by atoms with Gasteiger partial charge >= 0.3 is 0 Å². The standard InChI is InChI=1S/C23H24ClN5O4S/c1-33-18-9-7-17(8-10-18)16-26-23(30)19-4-3-11-25-22(19)28-12-14-29(15-13-28)34(31,32)21-6-2-5-20(24)27-21/h2-11H,12-16H2,1H3,(H,26,30). The lowest BCUT2D eigenvalue weighted by atomic mass is 10.2. The summed E-state index contributed by atoms with van der Waals surface area (Å²) < 4.78 is 32.4. The van der Waals surface area contributed by atoms with Gasteiger partial charge in [-0.3, -0.25) is 4.79 Å². The Kier molecular flexibility index (Phi) is 7.30. The van der Waals surface area contributed by atoms with Gasteiger partial charge in [-0.2, -0.15) is 4.31 Å². The monoisotopic (exact) mass is 501 g/mol. The van der Waals surface area contributed by atoms with Crippen LogP contribution in [0.15, 0.2) is 65.8 Å². The smallest absolute Gasteiger partial charge is 0.260 e. The van der Waals surface area contributed by atoms with E-state index in [2.05, 4.69) is 15.3 Å². The van der Waals surface area contributed by atoms with E-state index in [0.717, 1.165) is 11.3 Å². The minimum Gasteiger partial charge on any atom is -0.497 e. The molecule has 34 heavy (non-hydrogen) atoms. The summed E-state index contributed by atoms with van der Waals surface area (Å²) in [5.74, 6) is 1.02. The topological polar surface area (TPSA) is 105 Å². The van der Waals surface area contributed by atoms with Crippen LogP contribution in [-0.2, 0) is 16.6 Å². The van der Waals surface area contributed by atoms with Crippen molar-refractivity contribution in [3.63, 3.8) is 0 Å². The van der Waals surface area contributed by atoms with E-state index in [-0.39, 0.29) is 29.2 Å². The fourth-order valence-corrected chi connectivity index (χ4v) is 5.24. The maximum atomic E-state index is 12.9. The van der Waals surface area contributed by atoms with Gasteiger partial charge in [0.25, 0.3) is 15.9 Å². The Hall–Kier alpha value is -3.21. The molecule has 0 saturated carbocycles. The Morgan fingerprint density at radius 1 is 1.06 bits per heavy atom. The molecule has 3 heterocycles. The second-order valence-corrected chi connectivity index (χ2v) is 9.87. The number of nitrogens with one attached hydrogen (secondary N) is 1. The zero-order valence-corrected chi connectivity index (χ0v) is 20.1. The summed E-state index contributed by atoms with van der Waals surface area (Å²) in [4.78, 5) is 23.2. The first kappa shape index (κ1) is 23.9. The van der Waals surface area contributed by atoms with Gasteiger partial charge in [0, 0.05) is 38.9 Å². The average Bonchev–Trinajstić information content (AvgIpc) is 2.87. The summed E-state index contributed by atoms with van der Waals surface area (Å²) >= 11 is 5.86. The van der Waals surface area contributed by atoms with Crippen LogP contribution in [0.1, 0.15) is 15.9 Å². The number of carbonyl (C=O) groups excluding carboxylic acids is 1. The van der Waals surface area contributed by atoms with Gasteiger partial charge in [-0.15, -0.1) is 0 Å². The zero-order chi connectivity index (χ0) is 24.1. The molecule has 9 nitrogen and oxygen atoms in total. The SMILES string of the molecule is COc1ccc(CNC(=O)c2cccnc2N2CCN(S(=O)(=O)c3cccc(Cl)n3)CC2)cc1. The minimum atomic E-state index is -3.76. The first-order chi connectivity index (χ1) is 16.4. The third kappa shape index (κ3) is 5.30. The maximum absolute atomic E-state index is 12.9. The van der Waals surface area contributed by atoms with E-state index in [9.17, 15) is 13.2 Å². The number of hydrogen-bond donors (Lipinski definition) is 1. The van der Waals surface area contributed by atoms with E-state index < -0.39 is 10.0 Å². The number of piperazine rings is 1. The van der Waals surface area contributed by atoms with Crippen LogP contribution < -0.4 is 15.0 Å². The quantitative estimate of drug-likeness (QED) is 0.496. The van der Waals surface area contributed by atoms with Crippen molar-refractivity contribution in [1.29, 1.82) is 0 Å². The molecule has 11 heteroatoms. The van der Waals surface area contributed by atoms with Crippen LogP contribution in [0.2, 0.25) is 5.15 Å². The molecule has 0 bridgehead atoms. The van der Waals surface area contributed by atoms with E-state index in [4.69, 9.17) is 16.3 Å². The van der Waals surface area contributed by atoms with Crippen molar-refractivity contribution >= 4 is 33.3 Å². The first-order valence-electron chi connectivity index (χ1n) is 10.6. The molecule has 0 radical (unpaired) electrons. The molecule has 1 aliphatic rings. The number of halogens is 1. The number of nitrogens with zero attached hydrogens (tertiary/aromatic N) is 4. The number of benzene rings is 1. The van der Waals surface area contributed by atoms with Gasteiger partial charge in [0.1, 0.15) is 16.7 Å². The first-order valence-corrected chi connectivity index (χ1v) is 12.4. The van der Waals surface area contributed by atoms with Crippen molar-refractivity contribution in [3.05, 3.63) is 77.1 Å². The molecule has 0 atom stereocenters. The Balaban J connectivity index is 1.42. The molecule has 1 saturated heterocycles. The third-order valence-electron chi connectivity index (χ3n) is 5.48. The van der Waals surface area contributed by atoms with Gasteiger partial charge in [0.15, 0.2) is 5.03 Å². The Morgan fingerprint density at radius 2 is 1.79 bits per heavy atom. The Labute approximate surface area is 203 Å². The number of amides is 1. The van der Waals surface area contributed by atoms with Crippen molar-refractivity contribution in [1.82, 2.24) is 19.6 Å². The molecule has 0 aliphatic carbocycles. The van der Waals surface area contributed by atoms with Gasteiger partial charge in [-0.25, -0.2) is 18.4 Å². The molecule has 1 aromatic carbocycles. The second kappa shape index (κ2) is 10.4. The molecule has 4 rings (SSSR count). The molecule has 1 N–H and O–H groups in total. The van der Waals surface area contributed by atoms with Crippen LogP contribution >= 0.6 is 11.6 Å². The molecule has 1 amide bonds. The highest BCUT2D eigenvalue weighted by atomic mass is 35.5. The van der Waals surface area contributed by atoms with Crippen molar-refractivity contribution in [3.8, 4) is 5.75 Å². The summed E-state index contributed by atoms with van der Waals surface area (Å²) in [6.45, 7) is 1.60. The van der Waals surface area contributed by atoms with E-state index in [1.165, 1.54) is 16.4 Å². The molecular formula is C23H24ClN5O4S. The summed E-state index contributed by atoms with van der Waals surface area (Å²) in [5, 5.41) is 2.96. The molecule has 0 unspecified atom stereocenters. The fraction of sp³-hybridized carbons (Fsp3) is 0.261. The number of sulfonamides is 1. The van der Waals surface area contributed by atoms with Crippen molar-refractivity contribution in [2.24, 2.45) is 0 Å². The van der Waals surface area contributed by atoms with Crippen LogP contribution in [0.5, 0.6) is 5.75 Å². The number of anilines is 1. The second-order valence-electron chi connectivity index (χ2n) is 7.60. The number of aromatic nitrogens is 2. The number of rotatable bonds is 7. The summed E-state index contributed by atoms with van der Waals surface area (Å²) in [5.41, 5.74) is 1.37. The van der Waals surface area contributed by atoms with Gasteiger partial charge in [0.2, 0.25) is 0 Å². The number of methoxy groups -OCH3 is 1. The molecule has 0 spiro atoms.